The molecule has 4 rings (SSSR count). The number of aryl methyl sites for hydroxylation is 1. The zero-order valence-electron chi connectivity index (χ0n) is 19.1. The highest BCUT2D eigenvalue weighted by Crippen LogP contribution is 2.40. The number of carbonyl (C=O) groups excluding carboxylic acids is 2. The number of likely N-dealkylation sites (tertiary alicyclic amines) is 1. The molecule has 1 saturated heterocycles. The summed E-state index contributed by atoms with van der Waals surface area (Å²) < 4.78 is 5.68. The van der Waals surface area contributed by atoms with Gasteiger partial charge >= 0.3 is 0 Å². The van der Waals surface area contributed by atoms with Crippen LogP contribution in [0.4, 0.5) is 0 Å². The molecule has 2 heterocycles. The minimum absolute atomic E-state index is 0.117. The third-order valence-corrected chi connectivity index (χ3v) is 6.39. The molecule has 0 bridgehead atoms. The molecule has 168 valence electrons. The van der Waals surface area contributed by atoms with E-state index in [9.17, 15) is 14.7 Å². The number of hydrogen-bond acceptors (Lipinski definition) is 4. The summed E-state index contributed by atoms with van der Waals surface area (Å²) in [6, 6.07) is 12.9. The monoisotopic (exact) mass is 433 g/mol. The predicted octanol–water partition coefficient (Wildman–Crippen LogP) is 5.36. The van der Waals surface area contributed by atoms with Crippen molar-refractivity contribution in [3.05, 3.63) is 70.3 Å². The van der Waals surface area contributed by atoms with Gasteiger partial charge in [-0.05, 0) is 60.1 Å². The summed E-state index contributed by atoms with van der Waals surface area (Å²) in [6.45, 7) is 7.47. The van der Waals surface area contributed by atoms with E-state index in [2.05, 4.69) is 20.8 Å². The Morgan fingerprint density at radius 3 is 2.59 bits per heavy atom. The number of aliphatic hydroxyl groups excluding tert-OH is 1. The Labute approximate surface area is 189 Å². The second-order valence-electron chi connectivity index (χ2n) is 8.94. The standard InChI is InChI=1S/C27H31NO4/c1-4-5-14-28-24(19-10-8-18(9-11-19)17(2)3)23(26(30)27(28)31)25(29)21-12-13-22-20(16-21)7-6-15-32-22/h8-13,16-17,24,29H,4-7,14-15H2,1-3H3/b25-23-. The SMILES string of the molecule is CCCCN1C(=O)C(=O)/C(=C(\O)c2ccc3c(c2)CCCO3)C1c1ccc(C(C)C)cc1. The third-order valence-electron chi connectivity index (χ3n) is 6.39. The van der Waals surface area contributed by atoms with Crippen LogP contribution in [0.1, 0.15) is 74.2 Å². The molecule has 0 radical (unpaired) electrons. The Hall–Kier alpha value is -3.08. The van der Waals surface area contributed by atoms with Crippen LogP contribution in [-0.4, -0.2) is 34.8 Å². The Kier molecular flexibility index (Phi) is 6.35. The quantitative estimate of drug-likeness (QED) is 0.378. The first kappa shape index (κ1) is 22.1. The number of aliphatic hydroxyl groups is 1. The van der Waals surface area contributed by atoms with Gasteiger partial charge in [0.1, 0.15) is 11.5 Å². The smallest absolute Gasteiger partial charge is 0.295 e. The lowest BCUT2D eigenvalue weighted by Gasteiger charge is -2.25. The molecule has 1 amide bonds. The molecular weight excluding hydrogens is 402 g/mol. The molecule has 0 saturated carbocycles. The molecule has 2 aromatic rings. The zero-order valence-corrected chi connectivity index (χ0v) is 19.1. The fourth-order valence-corrected chi connectivity index (χ4v) is 4.51. The number of rotatable bonds is 6. The van der Waals surface area contributed by atoms with Gasteiger partial charge in [-0.1, -0.05) is 51.5 Å². The van der Waals surface area contributed by atoms with Crippen LogP contribution in [0.15, 0.2) is 48.0 Å². The first-order valence-electron chi connectivity index (χ1n) is 11.6. The van der Waals surface area contributed by atoms with Crippen LogP contribution in [0.5, 0.6) is 5.75 Å². The number of carbonyl (C=O) groups is 2. The molecule has 1 unspecified atom stereocenters. The third kappa shape index (κ3) is 4.04. The Balaban J connectivity index is 1.81. The van der Waals surface area contributed by atoms with Crippen molar-refractivity contribution in [2.24, 2.45) is 0 Å². The molecule has 0 spiro atoms. The van der Waals surface area contributed by atoms with Crippen molar-refractivity contribution in [2.45, 2.75) is 58.4 Å². The van der Waals surface area contributed by atoms with Crippen LogP contribution in [0.3, 0.4) is 0 Å². The molecule has 1 atom stereocenters. The Morgan fingerprint density at radius 1 is 1.16 bits per heavy atom. The summed E-state index contributed by atoms with van der Waals surface area (Å²) in [5, 5.41) is 11.3. The van der Waals surface area contributed by atoms with E-state index in [-0.39, 0.29) is 11.3 Å². The Bertz CT molecular complexity index is 1050. The van der Waals surface area contributed by atoms with Gasteiger partial charge in [-0.3, -0.25) is 9.59 Å². The van der Waals surface area contributed by atoms with Gasteiger partial charge in [0.15, 0.2) is 0 Å². The highest BCUT2D eigenvalue weighted by Gasteiger charge is 2.45. The van der Waals surface area contributed by atoms with Gasteiger partial charge in [-0.25, -0.2) is 0 Å². The van der Waals surface area contributed by atoms with Crippen LogP contribution in [-0.2, 0) is 16.0 Å². The normalized spacial score (nSPS) is 19.9. The minimum Gasteiger partial charge on any atom is -0.507 e. The molecule has 5 heteroatoms. The zero-order chi connectivity index (χ0) is 22.8. The molecule has 2 aliphatic heterocycles. The fourth-order valence-electron chi connectivity index (χ4n) is 4.51. The minimum atomic E-state index is -0.620. The van der Waals surface area contributed by atoms with Gasteiger partial charge in [0.05, 0.1) is 18.2 Å². The molecule has 2 aromatic carbocycles. The van der Waals surface area contributed by atoms with Gasteiger partial charge < -0.3 is 14.7 Å². The predicted molar refractivity (Wildman–Crippen MR) is 125 cm³/mol. The maximum Gasteiger partial charge on any atom is 0.295 e. The second-order valence-corrected chi connectivity index (χ2v) is 8.94. The molecular formula is C27H31NO4. The number of amides is 1. The molecule has 1 fully saturated rings. The van der Waals surface area contributed by atoms with Gasteiger partial charge in [-0.2, -0.15) is 0 Å². The number of nitrogens with zero attached hydrogens (tertiary/aromatic N) is 1. The highest BCUT2D eigenvalue weighted by atomic mass is 16.5. The van der Waals surface area contributed by atoms with Crippen LogP contribution in [0.2, 0.25) is 0 Å². The maximum absolute atomic E-state index is 13.1. The largest absolute Gasteiger partial charge is 0.507 e. The lowest BCUT2D eigenvalue weighted by atomic mass is 9.92. The number of fused-ring (bicyclic) bond motifs is 1. The fraction of sp³-hybridized carbons (Fsp3) is 0.407. The van der Waals surface area contributed by atoms with E-state index in [1.165, 1.54) is 5.56 Å². The first-order valence-corrected chi connectivity index (χ1v) is 11.6. The van der Waals surface area contributed by atoms with Crippen molar-refractivity contribution in [1.82, 2.24) is 4.90 Å². The van der Waals surface area contributed by atoms with Crippen molar-refractivity contribution in [2.75, 3.05) is 13.2 Å². The summed E-state index contributed by atoms with van der Waals surface area (Å²) in [7, 11) is 0. The van der Waals surface area contributed by atoms with E-state index in [4.69, 9.17) is 4.74 Å². The molecule has 0 aliphatic carbocycles. The van der Waals surface area contributed by atoms with E-state index in [0.29, 0.717) is 24.6 Å². The lowest BCUT2D eigenvalue weighted by molar-refractivity contribution is -0.139. The molecule has 5 nitrogen and oxygen atoms in total. The van der Waals surface area contributed by atoms with Crippen LogP contribution < -0.4 is 4.74 Å². The van der Waals surface area contributed by atoms with Crippen LogP contribution in [0.25, 0.3) is 5.76 Å². The number of Topliss-reactive ketones (excluding diaryl/α,β-unsaturated/α-hetero) is 1. The van der Waals surface area contributed by atoms with Gasteiger partial charge in [-0.15, -0.1) is 0 Å². The average Bonchev–Trinajstić information content (AvgIpc) is 3.06. The number of hydrogen-bond donors (Lipinski definition) is 1. The average molecular weight is 434 g/mol. The van der Waals surface area contributed by atoms with E-state index in [1.807, 2.05) is 36.4 Å². The van der Waals surface area contributed by atoms with Crippen molar-refractivity contribution in [1.29, 1.82) is 0 Å². The highest BCUT2D eigenvalue weighted by molar-refractivity contribution is 6.46. The molecule has 2 aliphatic rings. The number of ketones is 1. The molecule has 0 aromatic heterocycles. The van der Waals surface area contributed by atoms with Crippen LogP contribution >= 0.6 is 0 Å². The van der Waals surface area contributed by atoms with Gasteiger partial charge in [0.2, 0.25) is 0 Å². The van der Waals surface area contributed by atoms with Crippen molar-refractivity contribution < 1.29 is 19.4 Å². The lowest BCUT2D eigenvalue weighted by Crippen LogP contribution is -2.30. The van der Waals surface area contributed by atoms with Crippen molar-refractivity contribution >= 4 is 17.4 Å². The summed E-state index contributed by atoms with van der Waals surface area (Å²) in [5.74, 6) is -0.0800. The summed E-state index contributed by atoms with van der Waals surface area (Å²) in [4.78, 5) is 27.7. The number of benzene rings is 2. The maximum atomic E-state index is 13.1. The summed E-state index contributed by atoms with van der Waals surface area (Å²) >= 11 is 0. The van der Waals surface area contributed by atoms with Gasteiger partial charge in [0.25, 0.3) is 11.7 Å². The molecule has 1 N–H and O–H groups in total. The topological polar surface area (TPSA) is 66.8 Å². The van der Waals surface area contributed by atoms with Crippen molar-refractivity contribution in [3.8, 4) is 5.75 Å². The van der Waals surface area contributed by atoms with Crippen LogP contribution in [0, 0.1) is 0 Å². The van der Waals surface area contributed by atoms with E-state index < -0.39 is 17.7 Å². The van der Waals surface area contributed by atoms with Gasteiger partial charge in [0, 0.05) is 12.1 Å². The van der Waals surface area contributed by atoms with E-state index in [0.717, 1.165) is 42.6 Å². The summed E-state index contributed by atoms with van der Waals surface area (Å²) in [5.41, 5.74) is 3.76. The number of ether oxygens (including phenoxy) is 1. The molecule has 32 heavy (non-hydrogen) atoms. The summed E-state index contributed by atoms with van der Waals surface area (Å²) in [6.07, 6.45) is 3.48. The first-order chi connectivity index (χ1) is 15.4. The van der Waals surface area contributed by atoms with Crippen molar-refractivity contribution in [3.63, 3.8) is 0 Å². The van der Waals surface area contributed by atoms with E-state index >= 15 is 0 Å². The van der Waals surface area contributed by atoms with E-state index in [1.54, 1.807) is 11.0 Å². The second kappa shape index (κ2) is 9.19. The number of unbranched alkanes of at least 4 members (excludes halogenated alkanes) is 1. The Morgan fingerprint density at radius 2 is 1.91 bits per heavy atom.